The molecule has 0 unspecified atom stereocenters. The zero-order valence-corrected chi connectivity index (χ0v) is 14.8. The Labute approximate surface area is 152 Å². The molecule has 0 aliphatic rings. The van der Waals surface area contributed by atoms with Crippen LogP contribution in [0.2, 0.25) is 0 Å². The van der Waals surface area contributed by atoms with Crippen molar-refractivity contribution in [2.45, 2.75) is 13.3 Å². The lowest BCUT2D eigenvalue weighted by molar-refractivity contribution is -0.115. The van der Waals surface area contributed by atoms with Crippen molar-refractivity contribution in [1.82, 2.24) is 15.3 Å². The number of rotatable bonds is 9. The maximum Gasteiger partial charge on any atom is 0.256 e. The third kappa shape index (κ3) is 5.65. The van der Waals surface area contributed by atoms with E-state index < -0.39 is 0 Å². The molecule has 1 amide bonds. The SMILES string of the molecule is Cc1nc(/C(=C\N)C(=O)NCCOCCO)ncc1Cc1ccccc1. The standard InChI is InChI=1S/C19H24N4O3/c1-14-16(11-15-5-3-2-4-6-15)13-22-18(23-14)17(12-20)19(25)21-7-9-26-10-8-24/h2-6,12-13,24H,7-11,20H2,1H3,(H,21,25)/b17-12+. The van der Waals surface area contributed by atoms with Crippen LogP contribution in [0.5, 0.6) is 0 Å². The predicted octanol–water partition coefficient (Wildman–Crippen LogP) is 0.801. The number of carbonyl (C=O) groups is 1. The minimum Gasteiger partial charge on any atom is -0.404 e. The average molecular weight is 356 g/mol. The molecule has 1 aromatic carbocycles. The third-order valence-corrected chi connectivity index (χ3v) is 3.74. The molecule has 7 heteroatoms. The molecule has 0 radical (unpaired) electrons. The monoisotopic (exact) mass is 356 g/mol. The summed E-state index contributed by atoms with van der Waals surface area (Å²) >= 11 is 0. The first-order chi connectivity index (χ1) is 12.7. The minimum absolute atomic E-state index is 0.0512. The molecule has 138 valence electrons. The number of amides is 1. The first kappa shape index (κ1) is 19.6. The second kappa shape index (κ2) is 10.3. The number of ether oxygens (including phenoxy) is 1. The van der Waals surface area contributed by atoms with Gasteiger partial charge in [0.15, 0.2) is 5.82 Å². The van der Waals surface area contributed by atoms with Crippen molar-refractivity contribution in [2.75, 3.05) is 26.4 Å². The minimum atomic E-state index is -0.365. The van der Waals surface area contributed by atoms with Gasteiger partial charge in [-0.1, -0.05) is 30.3 Å². The van der Waals surface area contributed by atoms with E-state index in [1.54, 1.807) is 6.20 Å². The molecule has 0 atom stereocenters. The molecular weight excluding hydrogens is 332 g/mol. The Bertz CT molecular complexity index is 748. The Balaban J connectivity index is 2.02. The van der Waals surface area contributed by atoms with Crippen LogP contribution >= 0.6 is 0 Å². The molecule has 0 saturated carbocycles. The molecule has 2 aromatic rings. The number of nitrogens with two attached hydrogens (primary N) is 1. The van der Waals surface area contributed by atoms with Crippen LogP contribution in [0.3, 0.4) is 0 Å². The van der Waals surface area contributed by atoms with E-state index in [0.717, 1.165) is 17.7 Å². The van der Waals surface area contributed by atoms with Crippen LogP contribution < -0.4 is 11.1 Å². The van der Waals surface area contributed by atoms with E-state index in [2.05, 4.69) is 15.3 Å². The fourth-order valence-electron chi connectivity index (χ4n) is 2.36. The molecule has 1 heterocycles. The zero-order chi connectivity index (χ0) is 18.8. The topological polar surface area (TPSA) is 110 Å². The number of hydrogen-bond donors (Lipinski definition) is 3. The number of aromatic nitrogens is 2. The Hall–Kier alpha value is -2.77. The van der Waals surface area contributed by atoms with E-state index >= 15 is 0 Å². The summed E-state index contributed by atoms with van der Waals surface area (Å²) in [5.74, 6) is -0.0779. The Kier molecular flexibility index (Phi) is 7.73. The second-order valence-corrected chi connectivity index (χ2v) is 5.64. The Morgan fingerprint density at radius 1 is 1.31 bits per heavy atom. The summed E-state index contributed by atoms with van der Waals surface area (Å²) in [4.78, 5) is 21.0. The molecule has 2 rings (SSSR count). The van der Waals surface area contributed by atoms with Crippen LogP contribution in [-0.4, -0.2) is 47.3 Å². The summed E-state index contributed by atoms with van der Waals surface area (Å²) in [6.45, 7) is 2.69. The van der Waals surface area contributed by atoms with Gasteiger partial charge in [0, 0.05) is 31.1 Å². The second-order valence-electron chi connectivity index (χ2n) is 5.64. The largest absolute Gasteiger partial charge is 0.404 e. The molecule has 0 aliphatic carbocycles. The van der Waals surface area contributed by atoms with Gasteiger partial charge in [0.25, 0.3) is 5.91 Å². The number of benzene rings is 1. The van der Waals surface area contributed by atoms with Gasteiger partial charge >= 0.3 is 0 Å². The van der Waals surface area contributed by atoms with E-state index in [4.69, 9.17) is 15.6 Å². The van der Waals surface area contributed by atoms with Gasteiger partial charge in [-0.2, -0.15) is 0 Å². The van der Waals surface area contributed by atoms with Gasteiger partial charge in [0.1, 0.15) is 0 Å². The summed E-state index contributed by atoms with van der Waals surface area (Å²) in [5.41, 5.74) is 8.78. The molecule has 1 aromatic heterocycles. The highest BCUT2D eigenvalue weighted by Gasteiger charge is 2.15. The van der Waals surface area contributed by atoms with Crippen molar-refractivity contribution in [3.05, 3.63) is 65.4 Å². The highest BCUT2D eigenvalue weighted by atomic mass is 16.5. The summed E-state index contributed by atoms with van der Waals surface area (Å²) in [6.07, 6.45) is 3.66. The van der Waals surface area contributed by atoms with Crippen LogP contribution in [0.1, 0.15) is 22.6 Å². The summed E-state index contributed by atoms with van der Waals surface area (Å²) in [7, 11) is 0. The van der Waals surface area contributed by atoms with E-state index in [1.807, 2.05) is 37.3 Å². The van der Waals surface area contributed by atoms with Crippen LogP contribution in [0.4, 0.5) is 0 Å². The van der Waals surface area contributed by atoms with Crippen molar-refractivity contribution < 1.29 is 14.6 Å². The molecule has 0 spiro atoms. The number of aliphatic hydroxyl groups excluding tert-OH is 1. The lowest BCUT2D eigenvalue weighted by atomic mass is 10.1. The molecule has 4 N–H and O–H groups in total. The summed E-state index contributed by atoms with van der Waals surface area (Å²) in [5, 5.41) is 11.3. The smallest absolute Gasteiger partial charge is 0.256 e. The maximum atomic E-state index is 12.3. The van der Waals surface area contributed by atoms with Crippen molar-refractivity contribution in [1.29, 1.82) is 0 Å². The van der Waals surface area contributed by atoms with Gasteiger partial charge in [0.05, 0.1) is 25.4 Å². The number of nitrogens with zero attached hydrogens (tertiary/aromatic N) is 2. The van der Waals surface area contributed by atoms with Crippen LogP contribution in [-0.2, 0) is 16.0 Å². The number of aryl methyl sites for hydroxylation is 1. The fraction of sp³-hybridized carbons (Fsp3) is 0.316. The molecule has 26 heavy (non-hydrogen) atoms. The quantitative estimate of drug-likeness (QED) is 0.453. The number of carbonyl (C=O) groups excluding carboxylic acids is 1. The van der Waals surface area contributed by atoms with Gasteiger partial charge in [0.2, 0.25) is 0 Å². The molecule has 0 fully saturated rings. The molecular formula is C19H24N4O3. The maximum absolute atomic E-state index is 12.3. The first-order valence-electron chi connectivity index (χ1n) is 8.41. The normalized spacial score (nSPS) is 11.4. The predicted molar refractivity (Wildman–Crippen MR) is 99.1 cm³/mol. The zero-order valence-electron chi connectivity index (χ0n) is 14.8. The van der Waals surface area contributed by atoms with E-state index in [1.165, 1.54) is 11.8 Å². The molecule has 0 aliphatic heterocycles. The van der Waals surface area contributed by atoms with E-state index in [-0.39, 0.29) is 30.5 Å². The number of aliphatic hydroxyl groups is 1. The van der Waals surface area contributed by atoms with Gasteiger partial charge in [-0.25, -0.2) is 9.97 Å². The first-order valence-corrected chi connectivity index (χ1v) is 8.41. The molecule has 7 nitrogen and oxygen atoms in total. The van der Waals surface area contributed by atoms with Crippen molar-refractivity contribution in [3.8, 4) is 0 Å². The fourth-order valence-corrected chi connectivity index (χ4v) is 2.36. The lowest BCUT2D eigenvalue weighted by Crippen LogP contribution is -2.29. The Morgan fingerprint density at radius 3 is 2.73 bits per heavy atom. The van der Waals surface area contributed by atoms with Gasteiger partial charge in [-0.15, -0.1) is 0 Å². The van der Waals surface area contributed by atoms with Gasteiger partial charge < -0.3 is 20.9 Å². The number of hydrogen-bond acceptors (Lipinski definition) is 6. The lowest BCUT2D eigenvalue weighted by Gasteiger charge is -2.10. The highest BCUT2D eigenvalue weighted by molar-refractivity contribution is 6.18. The third-order valence-electron chi connectivity index (χ3n) is 3.74. The summed E-state index contributed by atoms with van der Waals surface area (Å²) in [6, 6.07) is 10.0. The number of nitrogens with one attached hydrogen (secondary N) is 1. The van der Waals surface area contributed by atoms with Crippen molar-refractivity contribution >= 4 is 11.5 Å². The van der Waals surface area contributed by atoms with Gasteiger partial charge in [-0.3, -0.25) is 4.79 Å². The molecule has 0 bridgehead atoms. The van der Waals surface area contributed by atoms with Crippen LogP contribution in [0.15, 0.2) is 42.7 Å². The average Bonchev–Trinajstić information content (AvgIpc) is 2.65. The molecule has 0 saturated heterocycles. The van der Waals surface area contributed by atoms with Crippen LogP contribution in [0.25, 0.3) is 5.57 Å². The summed E-state index contributed by atoms with van der Waals surface area (Å²) < 4.78 is 5.10. The Morgan fingerprint density at radius 2 is 2.08 bits per heavy atom. The van der Waals surface area contributed by atoms with E-state index in [9.17, 15) is 4.79 Å². The van der Waals surface area contributed by atoms with Crippen LogP contribution in [0, 0.1) is 6.92 Å². The van der Waals surface area contributed by atoms with Gasteiger partial charge in [-0.05, 0) is 18.1 Å². The van der Waals surface area contributed by atoms with Crippen molar-refractivity contribution in [2.24, 2.45) is 5.73 Å². The highest BCUT2D eigenvalue weighted by Crippen LogP contribution is 2.15. The van der Waals surface area contributed by atoms with Crippen molar-refractivity contribution in [3.63, 3.8) is 0 Å². The van der Waals surface area contributed by atoms with E-state index in [0.29, 0.717) is 13.2 Å².